The lowest BCUT2D eigenvalue weighted by Crippen LogP contribution is -2.31. The molecule has 0 saturated carbocycles. The van der Waals surface area contributed by atoms with Crippen molar-refractivity contribution in [3.05, 3.63) is 10.8 Å². The van der Waals surface area contributed by atoms with Crippen LogP contribution in [0.25, 0.3) is 0 Å². The molecule has 0 aromatic carbocycles. The molecule has 0 unspecified atom stereocenters. The summed E-state index contributed by atoms with van der Waals surface area (Å²) in [7, 11) is 1.84. The van der Waals surface area contributed by atoms with Crippen molar-refractivity contribution in [3.8, 4) is 0 Å². The van der Waals surface area contributed by atoms with Gasteiger partial charge in [-0.05, 0) is 36.2 Å². The Morgan fingerprint density at radius 1 is 1.31 bits per heavy atom. The zero-order valence-corrected chi connectivity index (χ0v) is 11.8. The first kappa shape index (κ1) is 13.2. The van der Waals surface area contributed by atoms with Crippen LogP contribution in [-0.2, 0) is 0 Å². The molecule has 0 atom stereocenters. The Bertz CT molecular complexity index is 352. The Morgan fingerprint density at radius 2 is 1.94 bits per heavy atom. The van der Waals surface area contributed by atoms with Crippen molar-refractivity contribution in [2.24, 2.45) is 0 Å². The van der Waals surface area contributed by atoms with E-state index in [2.05, 4.69) is 57.3 Å². The Kier molecular flexibility index (Phi) is 4.53. The lowest BCUT2D eigenvalue weighted by atomic mass is 9.99. The van der Waals surface area contributed by atoms with Gasteiger partial charge in [0.15, 0.2) is 0 Å². The Morgan fingerprint density at radius 3 is 2.50 bits per heavy atom. The van der Waals surface area contributed by atoms with Crippen LogP contribution in [-0.4, -0.2) is 22.6 Å². The summed E-state index contributed by atoms with van der Waals surface area (Å²) in [6.45, 7) is 6.52. The Balaban J connectivity index is 2.89. The molecule has 16 heavy (non-hydrogen) atoms. The van der Waals surface area contributed by atoms with Crippen molar-refractivity contribution in [2.75, 3.05) is 17.7 Å². The summed E-state index contributed by atoms with van der Waals surface area (Å²) in [6, 6.07) is 0. The number of anilines is 2. The monoisotopic (exact) mass is 286 g/mol. The van der Waals surface area contributed by atoms with Crippen LogP contribution in [0.15, 0.2) is 10.8 Å². The first-order valence-electron chi connectivity index (χ1n) is 5.46. The fourth-order valence-electron chi connectivity index (χ4n) is 1.64. The van der Waals surface area contributed by atoms with Gasteiger partial charge in [-0.3, -0.25) is 0 Å². The molecule has 0 radical (unpaired) electrons. The molecule has 0 fully saturated rings. The van der Waals surface area contributed by atoms with Crippen LogP contribution in [0.4, 0.5) is 11.6 Å². The van der Waals surface area contributed by atoms with Gasteiger partial charge in [0.25, 0.3) is 0 Å². The number of halogens is 1. The smallest absolute Gasteiger partial charge is 0.146 e. The molecule has 0 saturated heterocycles. The van der Waals surface area contributed by atoms with Gasteiger partial charge in [-0.2, -0.15) is 0 Å². The van der Waals surface area contributed by atoms with Crippen LogP contribution in [0.3, 0.4) is 0 Å². The van der Waals surface area contributed by atoms with Crippen LogP contribution >= 0.6 is 15.9 Å². The van der Waals surface area contributed by atoms with E-state index in [0.717, 1.165) is 29.0 Å². The molecule has 4 nitrogen and oxygen atoms in total. The molecule has 0 spiro atoms. The predicted octanol–water partition coefficient (Wildman–Crippen LogP) is 3.27. The van der Waals surface area contributed by atoms with E-state index in [1.165, 1.54) is 0 Å². The first-order chi connectivity index (χ1) is 7.50. The number of nitrogens with one attached hydrogen (secondary N) is 2. The van der Waals surface area contributed by atoms with Gasteiger partial charge >= 0.3 is 0 Å². The van der Waals surface area contributed by atoms with Gasteiger partial charge in [-0.15, -0.1) is 0 Å². The highest BCUT2D eigenvalue weighted by molar-refractivity contribution is 9.10. The van der Waals surface area contributed by atoms with Gasteiger partial charge in [0.05, 0.1) is 0 Å². The van der Waals surface area contributed by atoms with E-state index in [-0.39, 0.29) is 5.54 Å². The second kappa shape index (κ2) is 5.48. The normalized spacial score (nSPS) is 11.3. The van der Waals surface area contributed by atoms with Gasteiger partial charge in [-0.25, -0.2) is 9.97 Å². The molecule has 0 aliphatic heterocycles. The maximum Gasteiger partial charge on any atom is 0.146 e. The van der Waals surface area contributed by atoms with Gasteiger partial charge < -0.3 is 10.6 Å². The van der Waals surface area contributed by atoms with E-state index in [9.17, 15) is 0 Å². The number of aromatic nitrogens is 2. The SMILES string of the molecule is CCCC(C)(C)Nc1ncnc(NC)c1Br. The third-order valence-electron chi connectivity index (χ3n) is 2.36. The molecular formula is C11H19BrN4. The van der Waals surface area contributed by atoms with E-state index in [1.807, 2.05) is 7.05 Å². The number of hydrogen-bond acceptors (Lipinski definition) is 4. The lowest BCUT2D eigenvalue weighted by Gasteiger charge is -2.27. The van der Waals surface area contributed by atoms with Gasteiger partial charge in [0.2, 0.25) is 0 Å². The van der Waals surface area contributed by atoms with Crippen molar-refractivity contribution >= 4 is 27.6 Å². The Labute approximate surface area is 105 Å². The molecule has 0 aliphatic carbocycles. The van der Waals surface area contributed by atoms with Crippen LogP contribution in [0.2, 0.25) is 0 Å². The summed E-state index contributed by atoms with van der Waals surface area (Å²) >= 11 is 3.50. The topological polar surface area (TPSA) is 49.8 Å². The highest BCUT2D eigenvalue weighted by Crippen LogP contribution is 2.29. The predicted molar refractivity (Wildman–Crippen MR) is 71.9 cm³/mol. The number of nitrogens with zero attached hydrogens (tertiary/aromatic N) is 2. The van der Waals surface area contributed by atoms with Crippen molar-refractivity contribution in [1.29, 1.82) is 0 Å². The maximum absolute atomic E-state index is 4.25. The lowest BCUT2D eigenvalue weighted by molar-refractivity contribution is 0.508. The van der Waals surface area contributed by atoms with E-state index < -0.39 is 0 Å². The fraction of sp³-hybridized carbons (Fsp3) is 0.636. The van der Waals surface area contributed by atoms with Gasteiger partial charge in [0.1, 0.15) is 22.4 Å². The number of hydrogen-bond donors (Lipinski definition) is 2. The van der Waals surface area contributed by atoms with Crippen LogP contribution in [0, 0.1) is 0 Å². The third-order valence-corrected chi connectivity index (χ3v) is 3.11. The molecule has 1 heterocycles. The molecule has 1 aromatic heterocycles. The summed E-state index contributed by atoms with van der Waals surface area (Å²) in [4.78, 5) is 8.37. The standard InChI is InChI=1S/C11H19BrN4/c1-5-6-11(2,3)16-10-8(12)9(13-4)14-7-15-10/h7H,5-6H2,1-4H3,(H2,13,14,15,16). The molecule has 90 valence electrons. The van der Waals surface area contributed by atoms with Crippen molar-refractivity contribution in [2.45, 2.75) is 39.2 Å². The molecule has 0 amide bonds. The average molecular weight is 287 g/mol. The van der Waals surface area contributed by atoms with Crippen LogP contribution in [0.1, 0.15) is 33.6 Å². The summed E-state index contributed by atoms with van der Waals surface area (Å²) in [5.74, 6) is 1.63. The quantitative estimate of drug-likeness (QED) is 0.872. The summed E-state index contributed by atoms with van der Waals surface area (Å²) < 4.78 is 0.877. The van der Waals surface area contributed by atoms with E-state index in [4.69, 9.17) is 0 Å². The summed E-state index contributed by atoms with van der Waals surface area (Å²) in [6.07, 6.45) is 3.79. The summed E-state index contributed by atoms with van der Waals surface area (Å²) in [5, 5.41) is 6.44. The number of rotatable bonds is 5. The zero-order valence-electron chi connectivity index (χ0n) is 10.3. The Hall–Kier alpha value is -0.840. The molecule has 1 rings (SSSR count). The highest BCUT2D eigenvalue weighted by atomic mass is 79.9. The molecule has 0 bridgehead atoms. The van der Waals surface area contributed by atoms with Crippen LogP contribution < -0.4 is 10.6 Å². The van der Waals surface area contributed by atoms with Crippen LogP contribution in [0.5, 0.6) is 0 Å². The van der Waals surface area contributed by atoms with E-state index in [0.29, 0.717) is 0 Å². The highest BCUT2D eigenvalue weighted by Gasteiger charge is 2.19. The molecule has 5 heteroatoms. The minimum absolute atomic E-state index is 0.0383. The fourth-order valence-corrected chi connectivity index (χ4v) is 2.14. The second-order valence-electron chi connectivity index (χ2n) is 4.39. The minimum Gasteiger partial charge on any atom is -0.372 e. The molecule has 2 N–H and O–H groups in total. The van der Waals surface area contributed by atoms with Crippen molar-refractivity contribution in [3.63, 3.8) is 0 Å². The zero-order chi connectivity index (χ0) is 12.2. The third kappa shape index (κ3) is 3.33. The summed E-state index contributed by atoms with van der Waals surface area (Å²) in [5.41, 5.74) is 0.0383. The molecule has 0 aliphatic rings. The minimum atomic E-state index is 0.0383. The van der Waals surface area contributed by atoms with Crippen molar-refractivity contribution < 1.29 is 0 Å². The van der Waals surface area contributed by atoms with Gasteiger partial charge in [-0.1, -0.05) is 13.3 Å². The first-order valence-corrected chi connectivity index (χ1v) is 6.26. The average Bonchev–Trinajstić information content (AvgIpc) is 2.21. The largest absolute Gasteiger partial charge is 0.372 e. The molecule has 1 aromatic rings. The maximum atomic E-state index is 4.25. The van der Waals surface area contributed by atoms with E-state index >= 15 is 0 Å². The second-order valence-corrected chi connectivity index (χ2v) is 5.19. The van der Waals surface area contributed by atoms with Gasteiger partial charge in [0, 0.05) is 12.6 Å². The van der Waals surface area contributed by atoms with Crippen molar-refractivity contribution in [1.82, 2.24) is 9.97 Å². The van der Waals surface area contributed by atoms with E-state index in [1.54, 1.807) is 6.33 Å². The molecular weight excluding hydrogens is 268 g/mol.